The number of aromatic nitrogens is 1. The fraction of sp³-hybridized carbons (Fsp3) is 0. The van der Waals surface area contributed by atoms with Crippen molar-refractivity contribution in [1.82, 2.24) is 4.57 Å². The van der Waals surface area contributed by atoms with Gasteiger partial charge < -0.3 is 9.47 Å². The Hall–Kier alpha value is -7.72. The fourth-order valence-electron chi connectivity index (χ4n) is 9.22. The Morgan fingerprint density at radius 3 is 1.54 bits per heavy atom. The molecule has 0 fully saturated rings. The first-order valence-electron chi connectivity index (χ1n) is 20.8. The lowest BCUT2D eigenvalue weighted by molar-refractivity contribution is 1.18. The van der Waals surface area contributed by atoms with Gasteiger partial charge >= 0.3 is 0 Å². The molecule has 3 heteroatoms. The minimum atomic E-state index is 1.10. The maximum atomic E-state index is 2.38. The van der Waals surface area contributed by atoms with E-state index in [1.54, 1.807) is 0 Å². The normalized spacial score (nSPS) is 11.6. The van der Waals surface area contributed by atoms with E-state index in [9.17, 15) is 0 Å². The second kappa shape index (κ2) is 14.5. The molecule has 286 valence electrons. The smallest absolute Gasteiger partial charge is 0.0541 e. The summed E-state index contributed by atoms with van der Waals surface area (Å²) in [6.45, 7) is 0. The molecule has 0 saturated heterocycles. The van der Waals surface area contributed by atoms with Crippen molar-refractivity contribution in [2.75, 3.05) is 4.90 Å². The molecule has 2 aromatic heterocycles. The van der Waals surface area contributed by atoms with Gasteiger partial charge in [-0.15, -0.1) is 11.3 Å². The van der Waals surface area contributed by atoms with E-state index in [0.717, 1.165) is 22.7 Å². The number of anilines is 3. The first kappa shape index (κ1) is 35.2. The maximum absolute atomic E-state index is 2.38. The van der Waals surface area contributed by atoms with Crippen LogP contribution in [0.25, 0.3) is 91.8 Å². The molecule has 0 aliphatic rings. The Balaban J connectivity index is 0.918. The zero-order valence-corrected chi connectivity index (χ0v) is 34.1. The zero-order chi connectivity index (χ0) is 40.3. The lowest BCUT2D eigenvalue weighted by atomic mass is 10.0. The lowest BCUT2D eigenvalue weighted by Crippen LogP contribution is -2.10. The first-order valence-corrected chi connectivity index (χ1v) is 21.6. The van der Waals surface area contributed by atoms with Gasteiger partial charge in [-0.1, -0.05) is 164 Å². The van der Waals surface area contributed by atoms with Crippen molar-refractivity contribution < 1.29 is 0 Å². The minimum Gasteiger partial charge on any atom is -0.310 e. The number of nitrogens with zero attached hydrogens (tertiary/aromatic N) is 2. The topological polar surface area (TPSA) is 8.17 Å². The average molecular weight is 795 g/mol. The van der Waals surface area contributed by atoms with Crippen LogP contribution in [-0.4, -0.2) is 4.57 Å². The zero-order valence-electron chi connectivity index (χ0n) is 33.2. The molecule has 0 radical (unpaired) electrons. The quantitative estimate of drug-likeness (QED) is 0.156. The molecule has 12 aromatic rings. The third-order valence-electron chi connectivity index (χ3n) is 12.2. The summed E-state index contributed by atoms with van der Waals surface area (Å²) in [6.07, 6.45) is 0. The molecule has 2 heterocycles. The highest BCUT2D eigenvalue weighted by atomic mass is 32.1. The highest BCUT2D eigenvalue weighted by Crippen LogP contribution is 2.42. The molecule has 12 rings (SSSR count). The van der Waals surface area contributed by atoms with E-state index in [1.165, 1.54) is 86.1 Å². The summed E-state index contributed by atoms with van der Waals surface area (Å²) in [5.41, 5.74) is 14.0. The Morgan fingerprint density at radius 1 is 0.311 bits per heavy atom. The molecule has 0 aliphatic heterocycles. The molecule has 0 amide bonds. The van der Waals surface area contributed by atoms with E-state index >= 15 is 0 Å². The van der Waals surface area contributed by atoms with Crippen LogP contribution in [0.15, 0.2) is 231 Å². The van der Waals surface area contributed by atoms with E-state index in [0.29, 0.717) is 0 Å². The molecular formula is C58H38N2S. The van der Waals surface area contributed by atoms with E-state index in [1.807, 2.05) is 11.3 Å². The monoisotopic (exact) mass is 794 g/mol. The third-order valence-corrected chi connectivity index (χ3v) is 13.4. The van der Waals surface area contributed by atoms with Crippen molar-refractivity contribution in [2.45, 2.75) is 0 Å². The summed E-state index contributed by atoms with van der Waals surface area (Å²) < 4.78 is 5.06. The van der Waals surface area contributed by atoms with Gasteiger partial charge in [0.15, 0.2) is 0 Å². The van der Waals surface area contributed by atoms with Gasteiger partial charge in [0.25, 0.3) is 0 Å². The molecule has 0 aliphatic carbocycles. The van der Waals surface area contributed by atoms with Gasteiger partial charge in [0.05, 0.1) is 11.0 Å². The Morgan fingerprint density at radius 2 is 0.836 bits per heavy atom. The predicted octanol–water partition coefficient (Wildman–Crippen LogP) is 16.8. The number of rotatable bonds is 7. The molecule has 10 aromatic carbocycles. The molecule has 61 heavy (non-hydrogen) atoms. The largest absolute Gasteiger partial charge is 0.310 e. The van der Waals surface area contributed by atoms with Crippen molar-refractivity contribution in [1.29, 1.82) is 0 Å². The summed E-state index contributed by atoms with van der Waals surface area (Å²) >= 11 is 1.89. The molecule has 0 atom stereocenters. The predicted molar refractivity (Wildman–Crippen MR) is 262 cm³/mol. The summed E-state index contributed by atoms with van der Waals surface area (Å²) in [7, 11) is 0. The molecule has 0 spiro atoms. The number of thiophene rings is 1. The summed E-state index contributed by atoms with van der Waals surface area (Å²) in [5, 5.41) is 7.79. The average Bonchev–Trinajstić information content (AvgIpc) is 3.88. The van der Waals surface area contributed by atoms with E-state index in [4.69, 9.17) is 0 Å². The Bertz CT molecular complexity index is 3520. The first-order chi connectivity index (χ1) is 30.2. The summed E-state index contributed by atoms with van der Waals surface area (Å²) in [5.74, 6) is 0. The van der Waals surface area contributed by atoms with Crippen molar-refractivity contribution in [3.8, 4) is 39.1 Å². The van der Waals surface area contributed by atoms with Crippen LogP contribution in [0.2, 0.25) is 0 Å². The molecule has 0 bridgehead atoms. The Kier molecular flexibility index (Phi) is 8.39. The van der Waals surface area contributed by atoms with Crippen LogP contribution in [0, 0.1) is 0 Å². The number of benzene rings is 10. The number of fused-ring (bicyclic) bond motifs is 8. The number of para-hydroxylation sites is 2. The SMILES string of the molecule is c1ccc(-c2cccc(N(c3ccc(-c4cccc(-n5c6ccccc6c6ccccc65)c4)cc3)c3ccc(-c4ccc5c(c4)sc4c6ccccc6ccc54)cc3)c2)cc1. The fourth-order valence-corrected chi connectivity index (χ4v) is 10.5. The van der Waals surface area contributed by atoms with E-state index in [-0.39, 0.29) is 0 Å². The van der Waals surface area contributed by atoms with Gasteiger partial charge in [0.2, 0.25) is 0 Å². The third kappa shape index (κ3) is 6.09. The second-order valence-corrected chi connectivity index (χ2v) is 16.8. The highest BCUT2D eigenvalue weighted by molar-refractivity contribution is 7.26. The van der Waals surface area contributed by atoms with Crippen LogP contribution in [0.1, 0.15) is 0 Å². The van der Waals surface area contributed by atoms with Gasteiger partial charge in [0.1, 0.15) is 0 Å². The molecule has 0 saturated carbocycles. The number of hydrogen-bond donors (Lipinski definition) is 0. The van der Waals surface area contributed by atoms with Gasteiger partial charge in [-0.25, -0.2) is 0 Å². The van der Waals surface area contributed by atoms with E-state index in [2.05, 4.69) is 240 Å². The van der Waals surface area contributed by atoms with Crippen LogP contribution < -0.4 is 4.90 Å². The molecular weight excluding hydrogens is 757 g/mol. The van der Waals surface area contributed by atoms with Crippen molar-refractivity contribution >= 4 is 81.1 Å². The van der Waals surface area contributed by atoms with Crippen LogP contribution >= 0.6 is 11.3 Å². The number of hydrogen-bond acceptors (Lipinski definition) is 2. The van der Waals surface area contributed by atoms with Gasteiger partial charge in [-0.3, -0.25) is 0 Å². The van der Waals surface area contributed by atoms with Crippen molar-refractivity contribution in [3.05, 3.63) is 231 Å². The molecule has 0 unspecified atom stereocenters. The standard InChI is InChI=1S/C58H38N2S/c1-2-12-39(13-3-1)43-15-10-17-48(36-43)59(47-32-26-41(27-33-47)45-29-34-53-54-35-28-42-14-4-5-19-50(42)58(54)61-57(53)38-45)46-30-24-40(25-31-46)44-16-11-18-49(37-44)60-55-22-8-6-20-51(55)52-21-7-9-23-56(52)60/h1-38H. The van der Waals surface area contributed by atoms with Gasteiger partial charge in [0, 0.05) is 53.7 Å². The lowest BCUT2D eigenvalue weighted by Gasteiger charge is -2.26. The van der Waals surface area contributed by atoms with Crippen LogP contribution in [0.4, 0.5) is 17.1 Å². The van der Waals surface area contributed by atoms with Gasteiger partial charge in [-0.05, 0) is 111 Å². The summed E-state index contributed by atoms with van der Waals surface area (Å²) in [4.78, 5) is 2.37. The highest BCUT2D eigenvalue weighted by Gasteiger charge is 2.17. The maximum Gasteiger partial charge on any atom is 0.0541 e. The summed E-state index contributed by atoms with van der Waals surface area (Å²) in [6, 6.07) is 84.0. The van der Waals surface area contributed by atoms with Crippen molar-refractivity contribution in [2.24, 2.45) is 0 Å². The second-order valence-electron chi connectivity index (χ2n) is 15.7. The van der Waals surface area contributed by atoms with Gasteiger partial charge in [-0.2, -0.15) is 0 Å². The van der Waals surface area contributed by atoms with Crippen LogP contribution in [0.5, 0.6) is 0 Å². The van der Waals surface area contributed by atoms with Crippen molar-refractivity contribution in [3.63, 3.8) is 0 Å². The molecule has 2 nitrogen and oxygen atoms in total. The van der Waals surface area contributed by atoms with E-state index < -0.39 is 0 Å². The van der Waals surface area contributed by atoms with Crippen LogP contribution in [0.3, 0.4) is 0 Å². The molecule has 0 N–H and O–H groups in total. The van der Waals surface area contributed by atoms with Crippen LogP contribution in [-0.2, 0) is 0 Å². The Labute approximate surface area is 358 Å². The minimum absolute atomic E-state index is 1.10.